The minimum absolute atomic E-state index is 0.0116. The van der Waals surface area contributed by atoms with Gasteiger partial charge < -0.3 is 15.2 Å². The largest absolute Gasteiger partial charge is 0.465 e. The van der Waals surface area contributed by atoms with Gasteiger partial charge >= 0.3 is 5.97 Å². The van der Waals surface area contributed by atoms with E-state index in [1.54, 1.807) is 42.1 Å². The highest BCUT2D eigenvalue weighted by Gasteiger charge is 2.34. The lowest BCUT2D eigenvalue weighted by Crippen LogP contribution is -2.34. The number of nitrogens with zero attached hydrogens (tertiary/aromatic N) is 4. The summed E-state index contributed by atoms with van der Waals surface area (Å²) >= 11 is 0. The fourth-order valence-electron chi connectivity index (χ4n) is 4.09. The van der Waals surface area contributed by atoms with Crippen molar-refractivity contribution < 1.29 is 22.7 Å². The Morgan fingerprint density at radius 2 is 2.03 bits per heavy atom. The monoisotopic (exact) mass is 495 g/mol. The van der Waals surface area contributed by atoms with Gasteiger partial charge in [-0.15, -0.1) is 0 Å². The molecule has 2 aromatic heterocycles. The summed E-state index contributed by atoms with van der Waals surface area (Å²) in [6.45, 7) is 2.01. The van der Waals surface area contributed by atoms with E-state index in [-0.39, 0.29) is 35.4 Å². The summed E-state index contributed by atoms with van der Waals surface area (Å²) in [6, 6.07) is 7.57. The molecule has 12 heteroatoms. The molecule has 0 amide bonds. The fraction of sp³-hybridized carbons (Fsp3) is 0.348. The van der Waals surface area contributed by atoms with E-state index in [4.69, 9.17) is 23.1 Å². The number of aromatic nitrogens is 3. The van der Waals surface area contributed by atoms with Crippen molar-refractivity contribution in [1.82, 2.24) is 19.1 Å². The summed E-state index contributed by atoms with van der Waals surface area (Å²) in [5.74, 6) is 0.182. The van der Waals surface area contributed by atoms with E-state index in [2.05, 4.69) is 10.1 Å². The van der Waals surface area contributed by atoms with E-state index >= 15 is 0 Å². The number of carbonyl (C=O) groups is 1. The maximum atomic E-state index is 13.4. The van der Waals surface area contributed by atoms with Gasteiger partial charge in [0.25, 0.3) is 0 Å². The van der Waals surface area contributed by atoms with Crippen LogP contribution in [-0.4, -0.2) is 55.0 Å². The molecule has 35 heavy (non-hydrogen) atoms. The molecule has 4 rings (SSSR count). The van der Waals surface area contributed by atoms with Crippen LogP contribution in [0.4, 0.5) is 5.69 Å². The first-order valence-corrected chi connectivity index (χ1v) is 12.6. The Hall–Kier alpha value is -3.38. The Balaban J connectivity index is 1.56. The quantitative estimate of drug-likeness (QED) is 0.284. The Bertz CT molecular complexity index is 1330. The van der Waals surface area contributed by atoms with Gasteiger partial charge in [0.05, 0.1) is 25.0 Å². The van der Waals surface area contributed by atoms with Crippen LogP contribution in [-0.2, 0) is 32.5 Å². The molecule has 0 saturated heterocycles. The average Bonchev–Trinajstić information content (AvgIpc) is 3.24. The maximum absolute atomic E-state index is 13.4. The molecule has 2 radical (unpaired) electrons. The van der Waals surface area contributed by atoms with Gasteiger partial charge in [0, 0.05) is 24.0 Å². The van der Waals surface area contributed by atoms with E-state index in [1.165, 1.54) is 23.6 Å². The molecule has 1 atom stereocenters. The zero-order valence-corrected chi connectivity index (χ0v) is 20.4. The molecule has 1 aliphatic rings. The smallest absolute Gasteiger partial charge is 0.327 e. The second-order valence-electron chi connectivity index (χ2n) is 8.18. The van der Waals surface area contributed by atoms with Crippen molar-refractivity contribution >= 4 is 35.0 Å². The lowest BCUT2D eigenvalue weighted by molar-refractivity contribution is -0.144. The Morgan fingerprint density at radius 3 is 2.71 bits per heavy atom. The lowest BCUT2D eigenvalue weighted by atomic mass is 9.93. The lowest BCUT2D eigenvalue weighted by Gasteiger charge is -2.31. The van der Waals surface area contributed by atoms with Gasteiger partial charge in [-0.2, -0.15) is 9.40 Å². The van der Waals surface area contributed by atoms with Gasteiger partial charge in [0.1, 0.15) is 25.0 Å². The van der Waals surface area contributed by atoms with Crippen LogP contribution in [0.3, 0.4) is 0 Å². The number of hydrogen-bond acceptors (Lipinski definition) is 8. The van der Waals surface area contributed by atoms with Gasteiger partial charge in [-0.1, -0.05) is 0 Å². The number of fused-ring (bicyclic) bond motifs is 1. The van der Waals surface area contributed by atoms with Crippen molar-refractivity contribution in [3.8, 4) is 11.6 Å². The summed E-state index contributed by atoms with van der Waals surface area (Å²) in [7, 11) is 3.66. The van der Waals surface area contributed by atoms with E-state index < -0.39 is 16.1 Å². The van der Waals surface area contributed by atoms with Gasteiger partial charge in [0.2, 0.25) is 15.9 Å². The molecule has 0 unspecified atom stereocenters. The predicted octanol–water partition coefficient (Wildman–Crippen LogP) is 1.71. The number of benzene rings is 1. The first kappa shape index (κ1) is 24.7. The third-order valence-electron chi connectivity index (χ3n) is 5.88. The zero-order chi connectivity index (χ0) is 25.2. The molecular formula is C23H26BN5O5S. The van der Waals surface area contributed by atoms with E-state index in [1.807, 2.05) is 0 Å². The normalized spacial score (nSPS) is 15.6. The average molecular weight is 495 g/mol. The van der Waals surface area contributed by atoms with E-state index in [0.717, 1.165) is 17.7 Å². The van der Waals surface area contributed by atoms with Gasteiger partial charge in [-0.3, -0.25) is 9.48 Å². The Labute approximate surface area is 205 Å². The molecule has 0 spiro atoms. The van der Waals surface area contributed by atoms with Crippen LogP contribution in [0, 0.1) is 0 Å². The number of esters is 1. The van der Waals surface area contributed by atoms with Crippen molar-refractivity contribution in [2.45, 2.75) is 43.7 Å². The molecule has 3 aromatic rings. The highest BCUT2D eigenvalue weighted by molar-refractivity contribution is 7.89. The van der Waals surface area contributed by atoms with Crippen LogP contribution in [0.2, 0.25) is 0 Å². The van der Waals surface area contributed by atoms with Gasteiger partial charge in [0.15, 0.2) is 0 Å². The van der Waals surface area contributed by atoms with Crippen molar-refractivity contribution in [3.63, 3.8) is 0 Å². The van der Waals surface area contributed by atoms with Crippen molar-refractivity contribution in [2.24, 2.45) is 0 Å². The number of rotatable bonds is 8. The molecule has 0 aliphatic heterocycles. The summed E-state index contributed by atoms with van der Waals surface area (Å²) in [6.07, 6.45) is 4.92. The van der Waals surface area contributed by atoms with E-state index in [0.29, 0.717) is 24.3 Å². The van der Waals surface area contributed by atoms with Crippen LogP contribution < -0.4 is 15.9 Å². The number of hydrogen-bond donors (Lipinski definition) is 1. The van der Waals surface area contributed by atoms with Crippen molar-refractivity contribution in [2.75, 3.05) is 19.4 Å². The first-order chi connectivity index (χ1) is 16.7. The zero-order valence-electron chi connectivity index (χ0n) is 19.5. The third kappa shape index (κ3) is 5.18. The molecular weight excluding hydrogens is 469 g/mol. The Kier molecular flexibility index (Phi) is 7.13. The van der Waals surface area contributed by atoms with Crippen LogP contribution in [0.1, 0.15) is 37.1 Å². The molecule has 10 nitrogen and oxygen atoms in total. The van der Waals surface area contributed by atoms with Crippen LogP contribution in [0.5, 0.6) is 11.6 Å². The predicted molar refractivity (Wildman–Crippen MR) is 130 cm³/mol. The van der Waals surface area contributed by atoms with Crippen LogP contribution in [0.25, 0.3) is 0 Å². The van der Waals surface area contributed by atoms with Crippen molar-refractivity contribution in [3.05, 3.63) is 54.0 Å². The molecule has 182 valence electrons. The van der Waals surface area contributed by atoms with Crippen molar-refractivity contribution in [1.29, 1.82) is 0 Å². The number of nitrogen functional groups attached to an aromatic ring is 1. The summed E-state index contributed by atoms with van der Waals surface area (Å²) in [5.41, 5.74) is 7.96. The fourth-order valence-corrected chi connectivity index (χ4v) is 5.44. The minimum Gasteiger partial charge on any atom is -0.465 e. The first-order valence-electron chi connectivity index (χ1n) is 11.2. The maximum Gasteiger partial charge on any atom is 0.327 e. The third-order valence-corrected chi connectivity index (χ3v) is 7.71. The molecule has 2 heterocycles. The molecule has 0 saturated carbocycles. The summed E-state index contributed by atoms with van der Waals surface area (Å²) in [5, 5.41) is 4.32. The minimum atomic E-state index is -3.93. The van der Waals surface area contributed by atoms with E-state index in [9.17, 15) is 13.2 Å². The molecule has 1 aromatic carbocycles. The topological polar surface area (TPSA) is 130 Å². The SMILES string of the molecule is [B]c1cc(S(=O)(=O)N(C)[C@@H]2CCCc3c2cnn3CC(=O)OCC)cnc1Oc1ccc(N)cc1. The van der Waals surface area contributed by atoms with Gasteiger partial charge in [-0.05, 0) is 62.0 Å². The number of anilines is 1. The number of carbonyl (C=O) groups excluding carboxylic acids is 1. The molecule has 2 N–H and O–H groups in total. The van der Waals surface area contributed by atoms with Crippen LogP contribution >= 0.6 is 0 Å². The highest BCUT2D eigenvalue weighted by atomic mass is 32.2. The van der Waals surface area contributed by atoms with Gasteiger partial charge in [-0.25, -0.2) is 13.4 Å². The number of nitrogens with two attached hydrogens (primary N) is 1. The van der Waals surface area contributed by atoms with Crippen LogP contribution in [0.15, 0.2) is 47.6 Å². The standard InChI is InChI=1S/C23H26BN5O5S/c1-3-33-22(30)14-29-21-6-4-5-20(18(21)13-27-29)28(2)35(31,32)17-11-19(24)23(26-12-17)34-16-9-7-15(25)8-10-16/h7-13,20H,3-6,14,25H2,1-2H3/t20-/m1/s1. The number of ether oxygens (including phenoxy) is 2. The second-order valence-corrected chi connectivity index (χ2v) is 10.2. The second kappa shape index (κ2) is 10.1. The number of sulfonamides is 1. The molecule has 0 bridgehead atoms. The highest BCUT2D eigenvalue weighted by Crippen LogP contribution is 2.36. The Morgan fingerprint density at radius 1 is 1.29 bits per heavy atom. The molecule has 1 aliphatic carbocycles. The summed E-state index contributed by atoms with van der Waals surface area (Å²) in [4.78, 5) is 16.0. The summed E-state index contributed by atoms with van der Waals surface area (Å²) < 4.78 is 40.5. The molecule has 0 fully saturated rings. The number of pyridine rings is 1.